The molecule has 0 bridgehead atoms. The smallest absolute Gasteiger partial charge is 0.0726 e. The fraction of sp³-hybridized carbons (Fsp3) is 0.0169. The molecule has 0 heterocycles. The van der Waals surface area contributed by atoms with Crippen molar-refractivity contribution in [2.24, 2.45) is 0 Å². The van der Waals surface area contributed by atoms with Crippen molar-refractivity contribution in [3.63, 3.8) is 0 Å². The highest BCUT2D eigenvalue weighted by atomic mass is 15.2. The molecule has 0 amide bonds. The Morgan fingerprint density at radius 1 is 0.267 bits per heavy atom. The van der Waals surface area contributed by atoms with Crippen molar-refractivity contribution in [3.8, 4) is 66.8 Å². The zero-order chi connectivity index (χ0) is 39.4. The van der Waals surface area contributed by atoms with Crippen LogP contribution in [0.25, 0.3) is 77.5 Å². The summed E-state index contributed by atoms with van der Waals surface area (Å²) >= 11 is 0. The maximum absolute atomic E-state index is 2.60. The Bertz CT molecular complexity index is 3310. The minimum atomic E-state index is -0.450. The molecule has 1 heteroatoms. The van der Waals surface area contributed by atoms with Crippen molar-refractivity contribution in [2.75, 3.05) is 4.90 Å². The van der Waals surface area contributed by atoms with Crippen LogP contribution in [0, 0.1) is 0 Å². The molecule has 0 saturated carbocycles. The van der Waals surface area contributed by atoms with Crippen LogP contribution >= 0.6 is 0 Å². The van der Waals surface area contributed by atoms with E-state index in [2.05, 4.69) is 229 Å². The largest absolute Gasteiger partial charge is 0.309 e. The Hall–Kier alpha value is -7.74. The van der Waals surface area contributed by atoms with Gasteiger partial charge in [-0.05, 0) is 95.9 Å². The van der Waals surface area contributed by atoms with Crippen molar-refractivity contribution in [1.29, 1.82) is 0 Å². The lowest BCUT2D eigenvalue weighted by atomic mass is 9.70. The Morgan fingerprint density at radius 3 is 1.38 bits per heavy atom. The second kappa shape index (κ2) is 12.6. The normalized spacial score (nSPS) is 13.1. The minimum absolute atomic E-state index is 0.450. The van der Waals surface area contributed by atoms with Gasteiger partial charge in [0.05, 0.1) is 16.8 Å². The van der Waals surface area contributed by atoms with Gasteiger partial charge in [0.25, 0.3) is 0 Å². The predicted octanol–water partition coefficient (Wildman–Crippen LogP) is 15.6. The van der Waals surface area contributed by atoms with Gasteiger partial charge in [0.2, 0.25) is 0 Å². The van der Waals surface area contributed by atoms with Gasteiger partial charge in [-0.3, -0.25) is 0 Å². The van der Waals surface area contributed by atoms with Crippen LogP contribution in [-0.4, -0.2) is 0 Å². The van der Waals surface area contributed by atoms with Gasteiger partial charge in [0.1, 0.15) is 0 Å². The second-order valence-corrected chi connectivity index (χ2v) is 16.3. The molecule has 0 N–H and O–H groups in total. The van der Waals surface area contributed by atoms with Crippen LogP contribution in [0.4, 0.5) is 17.1 Å². The van der Waals surface area contributed by atoms with Crippen molar-refractivity contribution in [1.82, 2.24) is 0 Å². The summed E-state index contributed by atoms with van der Waals surface area (Å²) in [5.74, 6) is 0. The number of nitrogens with zero attached hydrogens (tertiary/aromatic N) is 1. The van der Waals surface area contributed by atoms with Crippen molar-refractivity contribution < 1.29 is 0 Å². The lowest BCUT2D eigenvalue weighted by Gasteiger charge is -2.38. The first-order valence-electron chi connectivity index (χ1n) is 20.9. The third-order valence-electron chi connectivity index (χ3n) is 13.4. The summed E-state index contributed by atoms with van der Waals surface area (Å²) in [5.41, 5.74) is 23.8. The third kappa shape index (κ3) is 4.36. The van der Waals surface area contributed by atoms with Gasteiger partial charge in [-0.1, -0.05) is 206 Å². The number of hydrogen-bond donors (Lipinski definition) is 0. The molecular weight excluding hydrogens is 723 g/mol. The highest BCUT2D eigenvalue weighted by molar-refractivity contribution is 6.25. The van der Waals surface area contributed by atoms with Gasteiger partial charge >= 0.3 is 0 Å². The predicted molar refractivity (Wildman–Crippen MR) is 250 cm³/mol. The van der Waals surface area contributed by atoms with E-state index in [0.717, 1.165) is 5.69 Å². The summed E-state index contributed by atoms with van der Waals surface area (Å²) in [6, 6.07) is 83.4. The van der Waals surface area contributed by atoms with Crippen molar-refractivity contribution in [3.05, 3.63) is 247 Å². The third-order valence-corrected chi connectivity index (χ3v) is 13.4. The van der Waals surface area contributed by atoms with E-state index < -0.39 is 5.41 Å². The van der Waals surface area contributed by atoms with Gasteiger partial charge in [0, 0.05) is 27.8 Å². The Labute approximate surface area is 350 Å². The first-order valence-corrected chi connectivity index (χ1v) is 20.9. The quantitative estimate of drug-likeness (QED) is 0.169. The lowest BCUT2D eigenvalue weighted by molar-refractivity contribution is 0.794. The summed E-state index contributed by atoms with van der Waals surface area (Å²) in [7, 11) is 0. The van der Waals surface area contributed by atoms with Crippen LogP contribution in [0.3, 0.4) is 0 Å². The molecule has 10 aromatic rings. The van der Waals surface area contributed by atoms with Crippen molar-refractivity contribution >= 4 is 27.8 Å². The van der Waals surface area contributed by atoms with Gasteiger partial charge in [-0.2, -0.15) is 0 Å². The fourth-order valence-electron chi connectivity index (χ4n) is 11.1. The molecule has 0 saturated heterocycles. The Morgan fingerprint density at radius 2 is 0.733 bits per heavy atom. The summed E-state index contributed by atoms with van der Waals surface area (Å²) in [6.07, 6.45) is 0. The molecule has 278 valence electrons. The SMILES string of the molecule is c1ccc(-c2ccc(N(c3cccc4c3-c3ccccc3C43c4ccccc4-c4ccccc43)c3c4c(c(-c5ccccc5)c5ccccc35)-c3ccccc3-4)cc2)cc1. The summed E-state index contributed by atoms with van der Waals surface area (Å²) in [5, 5.41) is 2.48. The average Bonchev–Trinajstić information content (AvgIpc) is 3.79. The van der Waals surface area contributed by atoms with E-state index in [1.165, 1.54) is 111 Å². The summed E-state index contributed by atoms with van der Waals surface area (Å²) < 4.78 is 0. The van der Waals surface area contributed by atoms with E-state index in [0.29, 0.717) is 0 Å². The maximum atomic E-state index is 2.60. The van der Waals surface area contributed by atoms with Crippen LogP contribution in [-0.2, 0) is 5.41 Å². The Balaban J connectivity index is 1.16. The van der Waals surface area contributed by atoms with E-state index in [9.17, 15) is 0 Å². The molecule has 1 spiro atoms. The van der Waals surface area contributed by atoms with E-state index in [4.69, 9.17) is 0 Å². The average molecular weight is 760 g/mol. The van der Waals surface area contributed by atoms with Crippen LogP contribution in [0.2, 0.25) is 0 Å². The molecule has 0 aliphatic heterocycles. The second-order valence-electron chi connectivity index (χ2n) is 16.3. The van der Waals surface area contributed by atoms with E-state index in [1.54, 1.807) is 0 Å². The molecule has 0 aromatic heterocycles. The molecule has 13 rings (SSSR count). The first-order chi connectivity index (χ1) is 29.8. The van der Waals surface area contributed by atoms with Gasteiger partial charge in [0.15, 0.2) is 0 Å². The molecule has 3 aliphatic rings. The fourth-order valence-corrected chi connectivity index (χ4v) is 11.1. The van der Waals surface area contributed by atoms with E-state index in [1.807, 2.05) is 0 Å². The molecule has 0 unspecified atom stereocenters. The highest BCUT2D eigenvalue weighted by Gasteiger charge is 2.52. The monoisotopic (exact) mass is 759 g/mol. The summed E-state index contributed by atoms with van der Waals surface area (Å²) in [4.78, 5) is 2.60. The van der Waals surface area contributed by atoms with Crippen LogP contribution in [0.15, 0.2) is 224 Å². The van der Waals surface area contributed by atoms with E-state index in [-0.39, 0.29) is 0 Å². The highest BCUT2D eigenvalue weighted by Crippen LogP contribution is 2.66. The van der Waals surface area contributed by atoms with Gasteiger partial charge in [-0.15, -0.1) is 0 Å². The minimum Gasteiger partial charge on any atom is -0.309 e. The molecule has 0 atom stereocenters. The number of hydrogen-bond acceptors (Lipinski definition) is 1. The molecular formula is C59H37N. The topological polar surface area (TPSA) is 3.24 Å². The first kappa shape index (κ1) is 33.3. The standard InChI is InChI=1S/C59H37N/c1-3-18-38(19-4-1)39-34-36-41(37-35-39)60(58-47-27-10-9-26-46(47)54(40-20-5-2-6-21-40)56-44-24-7-8-25-45(44)57(56)58)53-33-17-32-52-55(53)48-28-13-16-31-51(48)59(52)49-29-14-11-22-42(49)43-23-12-15-30-50(43)59/h1-37H. The molecule has 0 fully saturated rings. The van der Waals surface area contributed by atoms with Gasteiger partial charge in [-0.25, -0.2) is 0 Å². The van der Waals surface area contributed by atoms with Crippen LogP contribution in [0.1, 0.15) is 22.3 Å². The molecule has 3 aliphatic carbocycles. The molecule has 10 aromatic carbocycles. The molecule has 60 heavy (non-hydrogen) atoms. The number of benzene rings is 10. The maximum Gasteiger partial charge on any atom is 0.0726 e. The van der Waals surface area contributed by atoms with Gasteiger partial charge < -0.3 is 4.90 Å². The van der Waals surface area contributed by atoms with E-state index >= 15 is 0 Å². The number of anilines is 3. The van der Waals surface area contributed by atoms with Crippen LogP contribution < -0.4 is 4.90 Å². The van der Waals surface area contributed by atoms with Crippen molar-refractivity contribution in [2.45, 2.75) is 5.41 Å². The molecule has 0 radical (unpaired) electrons. The lowest BCUT2D eigenvalue weighted by Crippen LogP contribution is -2.26. The summed E-state index contributed by atoms with van der Waals surface area (Å²) in [6.45, 7) is 0. The van der Waals surface area contributed by atoms with Crippen LogP contribution in [0.5, 0.6) is 0 Å². The Kier molecular flexibility index (Phi) is 7.00. The molecule has 1 nitrogen and oxygen atoms in total. The number of rotatable bonds is 5. The number of fused-ring (bicyclic) bond motifs is 15. The zero-order valence-electron chi connectivity index (χ0n) is 32.8. The zero-order valence-corrected chi connectivity index (χ0v) is 32.8.